The summed E-state index contributed by atoms with van der Waals surface area (Å²) >= 11 is 0. The number of fused-ring (bicyclic) bond motifs is 1. The molecule has 0 aliphatic carbocycles. The van der Waals surface area contributed by atoms with Gasteiger partial charge in [-0.25, -0.2) is 0 Å². The number of H-pyrrole nitrogens is 1. The summed E-state index contributed by atoms with van der Waals surface area (Å²) in [6.07, 6.45) is 9.38. The zero-order valence-corrected chi connectivity index (χ0v) is 23.7. The van der Waals surface area contributed by atoms with Crippen LogP contribution in [0.3, 0.4) is 0 Å². The van der Waals surface area contributed by atoms with Crippen molar-refractivity contribution in [3.8, 4) is 6.07 Å². The van der Waals surface area contributed by atoms with E-state index in [0.717, 1.165) is 68.6 Å². The maximum absolute atomic E-state index is 13.0. The number of carbonyl (C=O) groups excluding carboxylic acids is 1. The minimum Gasteiger partial charge on any atom is -0.361 e. The summed E-state index contributed by atoms with van der Waals surface area (Å²) < 4.78 is 0. The molecule has 5 nitrogen and oxygen atoms in total. The topological polar surface area (TPSA) is 63.1 Å². The Balaban J connectivity index is 0.967. The molecular weight excluding hydrogens is 504 g/mol. The molecular formula is C36H38N4O. The van der Waals surface area contributed by atoms with Crippen LogP contribution >= 0.6 is 0 Å². The fourth-order valence-electron chi connectivity index (χ4n) is 6.36. The Morgan fingerprint density at radius 3 is 2.46 bits per heavy atom. The van der Waals surface area contributed by atoms with Gasteiger partial charge in [0.2, 0.25) is 0 Å². The largest absolute Gasteiger partial charge is 0.361 e. The molecule has 4 aromatic rings. The second-order valence-electron chi connectivity index (χ2n) is 11.6. The van der Waals surface area contributed by atoms with Gasteiger partial charge in [0, 0.05) is 55.3 Å². The van der Waals surface area contributed by atoms with E-state index in [-0.39, 0.29) is 5.78 Å². The molecule has 0 atom stereocenters. The molecule has 1 saturated heterocycles. The lowest BCUT2D eigenvalue weighted by molar-refractivity contribution is 0.0961. The van der Waals surface area contributed by atoms with Crippen molar-refractivity contribution < 1.29 is 4.79 Å². The zero-order chi connectivity index (χ0) is 28.0. The number of rotatable bonds is 9. The van der Waals surface area contributed by atoms with Crippen LogP contribution in [0.1, 0.15) is 64.7 Å². The Kier molecular flexibility index (Phi) is 8.41. The van der Waals surface area contributed by atoms with E-state index in [1.807, 2.05) is 30.3 Å². The SMILES string of the molecule is N#Cc1ccc2[nH]cc(CN3CC=C(c4ccc(C(=O)CCC5CCN(Cc6ccccc6)CC5)cc4)CC3)c2c1. The first-order valence-corrected chi connectivity index (χ1v) is 15.0. The van der Waals surface area contributed by atoms with Crippen LogP contribution < -0.4 is 0 Å². The number of benzene rings is 3. The Bertz CT molecular complexity index is 1550. The molecule has 0 amide bonds. The first-order valence-electron chi connectivity index (χ1n) is 15.0. The van der Waals surface area contributed by atoms with E-state index in [0.29, 0.717) is 17.9 Å². The van der Waals surface area contributed by atoms with Crippen molar-refractivity contribution in [2.24, 2.45) is 5.92 Å². The number of carbonyl (C=O) groups is 1. The molecule has 0 unspecified atom stereocenters. The molecule has 3 heterocycles. The highest BCUT2D eigenvalue weighted by Gasteiger charge is 2.21. The quantitative estimate of drug-likeness (QED) is 0.227. The van der Waals surface area contributed by atoms with Crippen molar-refractivity contribution in [3.63, 3.8) is 0 Å². The smallest absolute Gasteiger partial charge is 0.162 e. The molecule has 0 saturated carbocycles. The van der Waals surface area contributed by atoms with E-state index >= 15 is 0 Å². The van der Waals surface area contributed by atoms with Gasteiger partial charge >= 0.3 is 0 Å². The van der Waals surface area contributed by atoms with Gasteiger partial charge in [-0.05, 0) is 85.2 Å². The van der Waals surface area contributed by atoms with E-state index < -0.39 is 0 Å². The molecule has 0 spiro atoms. The molecule has 2 aliphatic rings. The first kappa shape index (κ1) is 27.2. The molecule has 0 bridgehead atoms. The summed E-state index contributed by atoms with van der Waals surface area (Å²) in [4.78, 5) is 21.3. The van der Waals surface area contributed by atoms with Crippen LogP contribution in [0.4, 0.5) is 0 Å². The molecule has 0 radical (unpaired) electrons. The molecule has 3 aromatic carbocycles. The molecule has 2 aliphatic heterocycles. The molecule has 1 N–H and O–H groups in total. The van der Waals surface area contributed by atoms with Crippen LogP contribution in [0.2, 0.25) is 0 Å². The number of Topliss-reactive ketones (excluding diaryl/α,β-unsaturated/α-hetero) is 1. The number of piperidine rings is 1. The second kappa shape index (κ2) is 12.7. The molecule has 6 rings (SSSR count). The van der Waals surface area contributed by atoms with Crippen molar-refractivity contribution in [2.45, 2.75) is 45.2 Å². The van der Waals surface area contributed by atoms with Crippen LogP contribution in [0.5, 0.6) is 0 Å². The number of nitriles is 1. The average molecular weight is 543 g/mol. The second-order valence-corrected chi connectivity index (χ2v) is 11.6. The number of nitrogens with zero attached hydrogens (tertiary/aromatic N) is 3. The molecule has 5 heteroatoms. The lowest BCUT2D eigenvalue weighted by Crippen LogP contribution is -2.33. The number of hydrogen-bond acceptors (Lipinski definition) is 4. The minimum absolute atomic E-state index is 0.269. The van der Waals surface area contributed by atoms with Crippen LogP contribution in [-0.2, 0) is 13.1 Å². The third-order valence-electron chi connectivity index (χ3n) is 8.90. The van der Waals surface area contributed by atoms with Gasteiger partial charge in [0.15, 0.2) is 5.78 Å². The summed E-state index contributed by atoms with van der Waals surface area (Å²) in [6, 6.07) is 27.1. The van der Waals surface area contributed by atoms with Gasteiger partial charge in [0.1, 0.15) is 0 Å². The van der Waals surface area contributed by atoms with E-state index in [1.54, 1.807) is 0 Å². The lowest BCUT2D eigenvalue weighted by Gasteiger charge is -2.32. The highest BCUT2D eigenvalue weighted by Crippen LogP contribution is 2.27. The third kappa shape index (κ3) is 6.68. The fourth-order valence-corrected chi connectivity index (χ4v) is 6.36. The van der Waals surface area contributed by atoms with Crippen molar-refractivity contribution in [2.75, 3.05) is 26.2 Å². The standard InChI is InChI=1S/C36H38N4O/c37-23-29-6-12-35-34(22-29)33(24-38-35)26-40-20-16-31(17-21-40)30-8-10-32(11-9-30)36(41)13-7-27-14-18-39(19-15-27)25-28-4-2-1-3-5-28/h1-6,8-12,16,22,24,27,38H,7,13-15,17-21,25-26H2. The van der Waals surface area contributed by atoms with Gasteiger partial charge in [0.05, 0.1) is 11.6 Å². The maximum Gasteiger partial charge on any atom is 0.162 e. The minimum atomic E-state index is 0.269. The maximum atomic E-state index is 13.0. The Morgan fingerprint density at radius 1 is 0.927 bits per heavy atom. The number of aromatic amines is 1. The zero-order valence-electron chi connectivity index (χ0n) is 23.7. The molecule has 41 heavy (non-hydrogen) atoms. The van der Waals surface area contributed by atoms with E-state index in [4.69, 9.17) is 0 Å². The summed E-state index contributed by atoms with van der Waals surface area (Å²) in [5.41, 5.74) is 7.80. The number of aromatic nitrogens is 1. The van der Waals surface area contributed by atoms with Gasteiger partial charge < -0.3 is 4.98 Å². The van der Waals surface area contributed by atoms with Crippen molar-refractivity contribution in [1.82, 2.24) is 14.8 Å². The molecule has 1 fully saturated rings. The number of ketones is 1. The molecule has 1 aromatic heterocycles. The molecule has 208 valence electrons. The van der Waals surface area contributed by atoms with Gasteiger partial charge in [-0.3, -0.25) is 14.6 Å². The summed E-state index contributed by atoms with van der Waals surface area (Å²) in [5, 5.41) is 10.4. The highest BCUT2D eigenvalue weighted by molar-refractivity contribution is 5.96. The van der Waals surface area contributed by atoms with Crippen LogP contribution in [0, 0.1) is 17.2 Å². The van der Waals surface area contributed by atoms with Gasteiger partial charge in [-0.1, -0.05) is 60.7 Å². The van der Waals surface area contributed by atoms with Crippen LogP contribution in [0.15, 0.2) is 85.1 Å². The van der Waals surface area contributed by atoms with E-state index in [1.165, 1.54) is 35.1 Å². The number of likely N-dealkylation sites (tertiary alicyclic amines) is 1. The third-order valence-corrected chi connectivity index (χ3v) is 8.90. The summed E-state index contributed by atoms with van der Waals surface area (Å²) in [7, 11) is 0. The van der Waals surface area contributed by atoms with Gasteiger partial charge in [-0.2, -0.15) is 5.26 Å². The van der Waals surface area contributed by atoms with Crippen molar-refractivity contribution >= 4 is 22.3 Å². The highest BCUT2D eigenvalue weighted by atomic mass is 16.1. The monoisotopic (exact) mass is 542 g/mol. The Morgan fingerprint density at radius 2 is 1.73 bits per heavy atom. The van der Waals surface area contributed by atoms with Crippen molar-refractivity contribution in [3.05, 3.63) is 113 Å². The predicted molar refractivity (Wildman–Crippen MR) is 165 cm³/mol. The van der Waals surface area contributed by atoms with Crippen LogP contribution in [-0.4, -0.2) is 46.7 Å². The van der Waals surface area contributed by atoms with Gasteiger partial charge in [0.25, 0.3) is 0 Å². The average Bonchev–Trinajstić information content (AvgIpc) is 3.43. The number of nitrogens with one attached hydrogen (secondary N) is 1. The normalized spacial score (nSPS) is 16.9. The lowest BCUT2D eigenvalue weighted by atomic mass is 9.90. The van der Waals surface area contributed by atoms with Gasteiger partial charge in [-0.15, -0.1) is 0 Å². The first-order chi connectivity index (χ1) is 20.1. The summed E-state index contributed by atoms with van der Waals surface area (Å²) in [6.45, 7) is 6.02. The Hall–Kier alpha value is -3.98. The van der Waals surface area contributed by atoms with Crippen LogP contribution in [0.25, 0.3) is 16.5 Å². The Labute approximate surface area is 243 Å². The summed E-state index contributed by atoms with van der Waals surface area (Å²) in [5.74, 6) is 0.920. The van der Waals surface area contributed by atoms with E-state index in [2.05, 4.69) is 75.6 Å². The van der Waals surface area contributed by atoms with E-state index in [9.17, 15) is 10.1 Å². The fraction of sp³-hybridized carbons (Fsp3) is 0.333. The predicted octanol–water partition coefficient (Wildman–Crippen LogP) is 7.20. The number of hydrogen-bond donors (Lipinski definition) is 1. The van der Waals surface area contributed by atoms with Crippen molar-refractivity contribution in [1.29, 1.82) is 5.26 Å².